The van der Waals surface area contributed by atoms with Gasteiger partial charge in [0, 0.05) is 24.5 Å². The number of nitrogens with one attached hydrogen (secondary N) is 3. The minimum Gasteiger partial charge on any atom is -0.385 e. The molecular formula is C11H23N3. The van der Waals surface area contributed by atoms with E-state index in [1.54, 1.807) is 0 Å². The molecule has 0 unspecified atom stereocenters. The Hall–Kier alpha value is -0.990. The molecule has 0 radical (unpaired) electrons. The first-order valence-corrected chi connectivity index (χ1v) is 5.07. The number of allylic oxidation sites excluding steroid dienone is 1. The molecule has 0 aromatic rings. The van der Waals surface area contributed by atoms with Crippen LogP contribution in [-0.2, 0) is 0 Å². The zero-order chi connectivity index (χ0) is 11.2. The molecule has 0 aromatic heterocycles. The molecule has 0 rings (SSSR count). The Balaban J connectivity index is 4.06. The highest BCUT2D eigenvalue weighted by atomic mass is 15.0. The third-order valence-corrected chi connectivity index (χ3v) is 1.53. The first-order chi connectivity index (χ1) is 6.35. The molecule has 0 spiro atoms. The summed E-state index contributed by atoms with van der Waals surface area (Å²) in [4.78, 5) is 0. The van der Waals surface area contributed by atoms with Crippen molar-refractivity contribution >= 4 is 6.21 Å². The van der Waals surface area contributed by atoms with E-state index in [4.69, 9.17) is 5.41 Å². The maximum Gasteiger partial charge on any atom is 0.0678 e. The molecule has 0 amide bonds. The summed E-state index contributed by atoms with van der Waals surface area (Å²) in [6.45, 7) is 11.5. The van der Waals surface area contributed by atoms with Crippen LogP contribution in [0, 0.1) is 11.3 Å². The van der Waals surface area contributed by atoms with Crippen molar-refractivity contribution < 1.29 is 0 Å². The van der Waals surface area contributed by atoms with Gasteiger partial charge < -0.3 is 16.0 Å². The van der Waals surface area contributed by atoms with Crippen LogP contribution < -0.4 is 10.6 Å². The lowest BCUT2D eigenvalue weighted by Crippen LogP contribution is -2.33. The number of hydrogen-bond donors (Lipinski definition) is 3. The van der Waals surface area contributed by atoms with Gasteiger partial charge in [-0.3, -0.25) is 0 Å². The van der Waals surface area contributed by atoms with E-state index in [1.807, 2.05) is 6.20 Å². The van der Waals surface area contributed by atoms with Crippen molar-refractivity contribution in [3.8, 4) is 0 Å². The summed E-state index contributed by atoms with van der Waals surface area (Å²) >= 11 is 0. The molecule has 0 bridgehead atoms. The lowest BCUT2D eigenvalue weighted by Gasteiger charge is -2.20. The largest absolute Gasteiger partial charge is 0.385 e. The van der Waals surface area contributed by atoms with Crippen LogP contribution in [0.3, 0.4) is 0 Å². The van der Waals surface area contributed by atoms with Crippen molar-refractivity contribution in [2.75, 3.05) is 6.54 Å². The third-order valence-electron chi connectivity index (χ3n) is 1.53. The van der Waals surface area contributed by atoms with E-state index >= 15 is 0 Å². The van der Waals surface area contributed by atoms with E-state index in [1.165, 1.54) is 6.21 Å². The summed E-state index contributed by atoms with van der Waals surface area (Å²) in [5.41, 5.74) is 0.877. The van der Waals surface area contributed by atoms with E-state index in [0.717, 1.165) is 12.2 Å². The van der Waals surface area contributed by atoms with E-state index in [-0.39, 0.29) is 5.54 Å². The average molecular weight is 197 g/mol. The van der Waals surface area contributed by atoms with Gasteiger partial charge in [0.2, 0.25) is 0 Å². The molecule has 82 valence electrons. The molecule has 0 aromatic carbocycles. The Labute approximate surface area is 87.5 Å². The molecule has 14 heavy (non-hydrogen) atoms. The van der Waals surface area contributed by atoms with Crippen molar-refractivity contribution in [1.29, 1.82) is 5.41 Å². The summed E-state index contributed by atoms with van der Waals surface area (Å²) in [5, 5.41) is 13.6. The van der Waals surface area contributed by atoms with Crippen molar-refractivity contribution in [3.63, 3.8) is 0 Å². The van der Waals surface area contributed by atoms with Gasteiger partial charge in [0.15, 0.2) is 0 Å². The smallest absolute Gasteiger partial charge is 0.0678 e. The first kappa shape index (κ1) is 13.0. The Morgan fingerprint density at radius 1 is 1.36 bits per heavy atom. The molecular weight excluding hydrogens is 174 g/mol. The second kappa shape index (κ2) is 5.68. The van der Waals surface area contributed by atoms with Crippen LogP contribution in [0.4, 0.5) is 0 Å². The van der Waals surface area contributed by atoms with Gasteiger partial charge in [0.05, 0.1) is 5.70 Å². The Kier molecular flexibility index (Phi) is 5.28. The van der Waals surface area contributed by atoms with Crippen molar-refractivity contribution in [1.82, 2.24) is 10.6 Å². The fourth-order valence-corrected chi connectivity index (χ4v) is 0.760. The molecule has 0 aliphatic rings. The van der Waals surface area contributed by atoms with E-state index < -0.39 is 0 Å². The Morgan fingerprint density at radius 3 is 2.29 bits per heavy atom. The van der Waals surface area contributed by atoms with E-state index in [0.29, 0.717) is 5.92 Å². The van der Waals surface area contributed by atoms with Gasteiger partial charge in [0.1, 0.15) is 0 Å². The lowest BCUT2D eigenvalue weighted by molar-refractivity contribution is 0.487. The SMILES string of the molecule is CC(C)CN/C(C=N)=C/NC(C)(C)C. The van der Waals surface area contributed by atoms with Gasteiger partial charge in [-0.05, 0) is 26.7 Å². The minimum absolute atomic E-state index is 0.0494. The zero-order valence-corrected chi connectivity index (χ0v) is 9.94. The Morgan fingerprint density at radius 2 is 1.93 bits per heavy atom. The highest BCUT2D eigenvalue weighted by molar-refractivity contribution is 5.74. The second-order valence-corrected chi connectivity index (χ2v) is 4.91. The molecule has 0 saturated carbocycles. The van der Waals surface area contributed by atoms with Gasteiger partial charge in [-0.2, -0.15) is 0 Å². The van der Waals surface area contributed by atoms with Gasteiger partial charge in [-0.15, -0.1) is 0 Å². The first-order valence-electron chi connectivity index (χ1n) is 5.07. The minimum atomic E-state index is 0.0494. The third kappa shape index (κ3) is 7.65. The molecule has 3 nitrogen and oxygen atoms in total. The average Bonchev–Trinajstić information content (AvgIpc) is 2.02. The maximum atomic E-state index is 7.22. The number of rotatable bonds is 5. The standard InChI is InChI=1S/C11H23N3/c1-9(2)7-13-10(6-12)8-14-11(3,4)5/h6,8-9,12-14H,7H2,1-5H3/b10-8+,12-6?. The van der Waals surface area contributed by atoms with Crippen LogP contribution in [-0.4, -0.2) is 18.3 Å². The maximum absolute atomic E-state index is 7.22. The summed E-state index contributed by atoms with van der Waals surface area (Å²) in [5.74, 6) is 0.591. The van der Waals surface area contributed by atoms with Gasteiger partial charge in [-0.25, -0.2) is 0 Å². The van der Waals surface area contributed by atoms with E-state index in [9.17, 15) is 0 Å². The second-order valence-electron chi connectivity index (χ2n) is 4.91. The van der Waals surface area contributed by atoms with E-state index in [2.05, 4.69) is 45.3 Å². The molecule has 3 heteroatoms. The summed E-state index contributed by atoms with van der Waals surface area (Å²) < 4.78 is 0. The van der Waals surface area contributed by atoms with Crippen LogP contribution in [0.5, 0.6) is 0 Å². The summed E-state index contributed by atoms with van der Waals surface area (Å²) in [6.07, 6.45) is 3.19. The highest BCUT2D eigenvalue weighted by Crippen LogP contribution is 1.99. The van der Waals surface area contributed by atoms with Crippen molar-refractivity contribution in [3.05, 3.63) is 11.9 Å². The van der Waals surface area contributed by atoms with Crippen LogP contribution >= 0.6 is 0 Å². The molecule has 3 N–H and O–H groups in total. The van der Waals surface area contributed by atoms with Crippen molar-refractivity contribution in [2.24, 2.45) is 5.92 Å². The summed E-state index contributed by atoms with van der Waals surface area (Å²) in [7, 11) is 0. The number of hydrogen-bond acceptors (Lipinski definition) is 3. The highest BCUT2D eigenvalue weighted by Gasteiger charge is 2.05. The fourth-order valence-electron chi connectivity index (χ4n) is 0.760. The molecule has 0 saturated heterocycles. The van der Waals surface area contributed by atoms with Crippen LogP contribution in [0.25, 0.3) is 0 Å². The summed E-state index contributed by atoms with van der Waals surface area (Å²) in [6, 6.07) is 0. The quantitative estimate of drug-likeness (QED) is 0.591. The molecule has 0 atom stereocenters. The normalized spacial score (nSPS) is 12.9. The van der Waals surface area contributed by atoms with Gasteiger partial charge in [-0.1, -0.05) is 13.8 Å². The molecule has 0 heterocycles. The van der Waals surface area contributed by atoms with Crippen LogP contribution in [0.1, 0.15) is 34.6 Å². The van der Waals surface area contributed by atoms with Gasteiger partial charge >= 0.3 is 0 Å². The topological polar surface area (TPSA) is 47.9 Å². The molecule has 0 fully saturated rings. The van der Waals surface area contributed by atoms with Crippen LogP contribution in [0.2, 0.25) is 0 Å². The monoisotopic (exact) mass is 197 g/mol. The lowest BCUT2D eigenvalue weighted by atomic mass is 10.1. The zero-order valence-electron chi connectivity index (χ0n) is 9.94. The predicted octanol–water partition coefficient (Wildman–Crippen LogP) is 2.11. The predicted molar refractivity (Wildman–Crippen MR) is 62.6 cm³/mol. The van der Waals surface area contributed by atoms with Crippen molar-refractivity contribution in [2.45, 2.75) is 40.2 Å². The Bertz CT molecular complexity index is 199. The van der Waals surface area contributed by atoms with Crippen LogP contribution in [0.15, 0.2) is 11.9 Å². The fraction of sp³-hybridized carbons (Fsp3) is 0.727. The van der Waals surface area contributed by atoms with Gasteiger partial charge in [0.25, 0.3) is 0 Å². The molecule has 0 aliphatic carbocycles. The molecule has 0 aliphatic heterocycles.